The van der Waals surface area contributed by atoms with Crippen molar-refractivity contribution in [3.05, 3.63) is 65.5 Å². The fraction of sp³-hybridized carbons (Fsp3) is 0.286. The molecule has 6 nitrogen and oxygen atoms in total. The van der Waals surface area contributed by atoms with Gasteiger partial charge in [-0.25, -0.2) is 9.97 Å². The standard InChI is InChI=1S/C21H21F3N4O2/c1-13-14(2)27-20(18-8-3-4-9-25-18)28-19(13)26-11-16(29)12-30-17-7-5-6-15(10-17)21(22,23)24/h3-10,16,29H,11-12H2,1-2H3,(H,26,27,28). The minimum atomic E-state index is -4.45. The minimum Gasteiger partial charge on any atom is -0.491 e. The predicted molar refractivity (Wildman–Crippen MR) is 106 cm³/mol. The van der Waals surface area contributed by atoms with Crippen molar-refractivity contribution in [2.75, 3.05) is 18.5 Å². The molecule has 0 aliphatic heterocycles. The molecule has 158 valence electrons. The van der Waals surface area contributed by atoms with Crippen molar-refractivity contribution in [2.45, 2.75) is 26.1 Å². The van der Waals surface area contributed by atoms with E-state index in [0.717, 1.165) is 23.4 Å². The number of aryl methyl sites for hydroxylation is 1. The third-order valence-corrected chi connectivity index (χ3v) is 4.39. The molecule has 9 heteroatoms. The molecule has 0 aliphatic rings. The number of pyridine rings is 1. The first kappa shape index (κ1) is 21.5. The number of benzene rings is 1. The van der Waals surface area contributed by atoms with Crippen LogP contribution < -0.4 is 10.1 Å². The highest BCUT2D eigenvalue weighted by Gasteiger charge is 2.30. The van der Waals surface area contributed by atoms with Crippen molar-refractivity contribution in [3.63, 3.8) is 0 Å². The summed E-state index contributed by atoms with van der Waals surface area (Å²) in [5, 5.41) is 13.2. The van der Waals surface area contributed by atoms with E-state index >= 15 is 0 Å². The van der Waals surface area contributed by atoms with Gasteiger partial charge in [0, 0.05) is 24.0 Å². The van der Waals surface area contributed by atoms with Crippen molar-refractivity contribution in [3.8, 4) is 17.3 Å². The van der Waals surface area contributed by atoms with Crippen LogP contribution in [0, 0.1) is 13.8 Å². The Hall–Kier alpha value is -3.20. The molecular weight excluding hydrogens is 397 g/mol. The molecule has 0 fully saturated rings. The van der Waals surface area contributed by atoms with E-state index in [2.05, 4.69) is 20.3 Å². The number of anilines is 1. The highest BCUT2D eigenvalue weighted by Crippen LogP contribution is 2.31. The van der Waals surface area contributed by atoms with Crippen LogP contribution in [0.2, 0.25) is 0 Å². The maximum atomic E-state index is 12.8. The predicted octanol–water partition coefficient (Wildman–Crippen LogP) is 4.03. The van der Waals surface area contributed by atoms with E-state index in [1.54, 1.807) is 18.3 Å². The van der Waals surface area contributed by atoms with E-state index in [-0.39, 0.29) is 18.9 Å². The van der Waals surface area contributed by atoms with E-state index in [4.69, 9.17) is 4.74 Å². The van der Waals surface area contributed by atoms with Gasteiger partial charge in [0.1, 0.15) is 30.0 Å². The smallest absolute Gasteiger partial charge is 0.416 e. The van der Waals surface area contributed by atoms with Crippen molar-refractivity contribution in [1.29, 1.82) is 0 Å². The summed E-state index contributed by atoms with van der Waals surface area (Å²) in [5.41, 5.74) is 1.40. The first-order valence-electron chi connectivity index (χ1n) is 9.22. The Balaban J connectivity index is 1.62. The van der Waals surface area contributed by atoms with Crippen LogP contribution in [-0.4, -0.2) is 39.3 Å². The van der Waals surface area contributed by atoms with Gasteiger partial charge < -0.3 is 15.2 Å². The van der Waals surface area contributed by atoms with Gasteiger partial charge in [-0.1, -0.05) is 12.1 Å². The molecule has 3 rings (SSSR count). The van der Waals surface area contributed by atoms with Crippen LogP contribution in [0.1, 0.15) is 16.8 Å². The monoisotopic (exact) mass is 418 g/mol. The molecule has 0 spiro atoms. The highest BCUT2D eigenvalue weighted by molar-refractivity contribution is 5.56. The number of hydrogen-bond donors (Lipinski definition) is 2. The summed E-state index contributed by atoms with van der Waals surface area (Å²) < 4.78 is 43.6. The van der Waals surface area contributed by atoms with Crippen LogP contribution in [-0.2, 0) is 6.18 Å². The number of alkyl halides is 3. The van der Waals surface area contributed by atoms with Crippen LogP contribution in [0.15, 0.2) is 48.7 Å². The van der Waals surface area contributed by atoms with E-state index in [9.17, 15) is 18.3 Å². The average molecular weight is 418 g/mol. The Kier molecular flexibility index (Phi) is 6.51. The van der Waals surface area contributed by atoms with E-state index in [1.165, 1.54) is 12.1 Å². The Bertz CT molecular complexity index is 997. The first-order valence-corrected chi connectivity index (χ1v) is 9.22. The van der Waals surface area contributed by atoms with Crippen molar-refractivity contribution >= 4 is 5.82 Å². The largest absolute Gasteiger partial charge is 0.491 e. The second-order valence-corrected chi connectivity index (χ2v) is 6.69. The van der Waals surface area contributed by atoms with Gasteiger partial charge in [0.15, 0.2) is 5.82 Å². The molecule has 1 aromatic carbocycles. The lowest BCUT2D eigenvalue weighted by Crippen LogP contribution is -2.27. The zero-order valence-electron chi connectivity index (χ0n) is 16.4. The maximum absolute atomic E-state index is 12.8. The number of aliphatic hydroxyl groups excluding tert-OH is 1. The van der Waals surface area contributed by atoms with Gasteiger partial charge in [-0.2, -0.15) is 13.2 Å². The van der Waals surface area contributed by atoms with E-state index in [0.29, 0.717) is 17.3 Å². The quantitative estimate of drug-likeness (QED) is 0.603. The number of rotatable bonds is 7. The van der Waals surface area contributed by atoms with Gasteiger partial charge in [0.25, 0.3) is 0 Å². The van der Waals surface area contributed by atoms with Crippen molar-refractivity contribution in [2.24, 2.45) is 0 Å². The topological polar surface area (TPSA) is 80.2 Å². The number of aliphatic hydroxyl groups is 1. The first-order chi connectivity index (χ1) is 14.2. The van der Waals surface area contributed by atoms with Gasteiger partial charge in [-0.3, -0.25) is 4.98 Å². The Labute approximate surface area is 171 Å². The Morgan fingerprint density at radius 2 is 1.90 bits per heavy atom. The van der Waals surface area contributed by atoms with Gasteiger partial charge in [-0.05, 0) is 44.2 Å². The molecule has 2 N–H and O–H groups in total. The molecule has 0 bridgehead atoms. The van der Waals surface area contributed by atoms with E-state index in [1.807, 2.05) is 19.9 Å². The van der Waals surface area contributed by atoms with Crippen LogP contribution >= 0.6 is 0 Å². The SMILES string of the molecule is Cc1nc(-c2ccccn2)nc(NCC(O)COc2cccc(C(F)(F)F)c2)c1C. The summed E-state index contributed by atoms with van der Waals surface area (Å²) in [7, 11) is 0. The summed E-state index contributed by atoms with van der Waals surface area (Å²) >= 11 is 0. The fourth-order valence-electron chi connectivity index (χ4n) is 2.64. The van der Waals surface area contributed by atoms with Crippen LogP contribution in [0.4, 0.5) is 19.0 Å². The molecule has 2 heterocycles. The van der Waals surface area contributed by atoms with Gasteiger partial charge in [-0.15, -0.1) is 0 Å². The lowest BCUT2D eigenvalue weighted by atomic mass is 10.2. The molecule has 3 aromatic rings. The van der Waals surface area contributed by atoms with Crippen molar-refractivity contribution < 1.29 is 23.0 Å². The zero-order valence-corrected chi connectivity index (χ0v) is 16.4. The Morgan fingerprint density at radius 3 is 2.60 bits per heavy atom. The average Bonchev–Trinajstić information content (AvgIpc) is 2.73. The maximum Gasteiger partial charge on any atom is 0.416 e. The summed E-state index contributed by atoms with van der Waals surface area (Å²) in [6.07, 6.45) is -3.77. The number of aromatic nitrogens is 3. The number of nitrogens with one attached hydrogen (secondary N) is 1. The summed E-state index contributed by atoms with van der Waals surface area (Å²) in [4.78, 5) is 13.2. The lowest BCUT2D eigenvalue weighted by molar-refractivity contribution is -0.137. The molecule has 30 heavy (non-hydrogen) atoms. The molecule has 0 radical (unpaired) electrons. The third-order valence-electron chi connectivity index (χ3n) is 4.39. The normalized spacial score (nSPS) is 12.5. The molecule has 0 aliphatic carbocycles. The summed E-state index contributed by atoms with van der Waals surface area (Å²) in [5.74, 6) is 1.03. The van der Waals surface area contributed by atoms with Crippen LogP contribution in [0.3, 0.4) is 0 Å². The van der Waals surface area contributed by atoms with Crippen molar-refractivity contribution in [1.82, 2.24) is 15.0 Å². The highest BCUT2D eigenvalue weighted by atomic mass is 19.4. The molecule has 1 unspecified atom stereocenters. The molecule has 0 saturated heterocycles. The third kappa shape index (κ3) is 5.44. The lowest BCUT2D eigenvalue weighted by Gasteiger charge is -2.16. The second kappa shape index (κ2) is 9.08. The number of halogens is 3. The van der Waals surface area contributed by atoms with Gasteiger partial charge in [0.2, 0.25) is 0 Å². The van der Waals surface area contributed by atoms with Crippen LogP contribution in [0.25, 0.3) is 11.5 Å². The van der Waals surface area contributed by atoms with Gasteiger partial charge in [0.05, 0.1) is 5.56 Å². The Morgan fingerprint density at radius 1 is 1.10 bits per heavy atom. The van der Waals surface area contributed by atoms with E-state index < -0.39 is 17.8 Å². The minimum absolute atomic E-state index is 0.0374. The molecule has 0 amide bonds. The molecule has 1 atom stereocenters. The number of hydrogen-bond acceptors (Lipinski definition) is 6. The molecule has 2 aromatic heterocycles. The number of ether oxygens (including phenoxy) is 1. The fourth-order valence-corrected chi connectivity index (χ4v) is 2.64. The zero-order chi connectivity index (χ0) is 21.7. The summed E-state index contributed by atoms with van der Waals surface area (Å²) in [6, 6.07) is 9.96. The van der Waals surface area contributed by atoms with Gasteiger partial charge >= 0.3 is 6.18 Å². The molecular formula is C21H21F3N4O2. The summed E-state index contributed by atoms with van der Waals surface area (Å²) in [6.45, 7) is 3.62. The second-order valence-electron chi connectivity index (χ2n) is 6.69. The van der Waals surface area contributed by atoms with Crippen LogP contribution in [0.5, 0.6) is 5.75 Å². The molecule has 0 saturated carbocycles. The number of nitrogens with zero attached hydrogens (tertiary/aromatic N) is 3.